The average molecular weight is 273 g/mol. The molecule has 0 saturated carbocycles. The van der Waals surface area contributed by atoms with Crippen LogP contribution in [0, 0.1) is 5.41 Å². The number of hydrogen-bond donors (Lipinski definition) is 0. The lowest BCUT2D eigenvalue weighted by atomic mass is 9.82. The molecular formula is C12H21BrN2. The molecule has 0 radical (unpaired) electrons. The third-order valence-corrected chi connectivity index (χ3v) is 3.01. The van der Waals surface area contributed by atoms with E-state index in [4.69, 9.17) is 0 Å². The minimum atomic E-state index is 0.402. The van der Waals surface area contributed by atoms with Crippen molar-refractivity contribution in [2.24, 2.45) is 12.5 Å². The Hall–Kier alpha value is -0.310. The smallest absolute Gasteiger partial charge is 0.0521 e. The first-order chi connectivity index (χ1) is 6.89. The van der Waals surface area contributed by atoms with Crippen LogP contribution in [-0.4, -0.2) is 14.6 Å². The molecule has 1 unspecified atom stereocenters. The van der Waals surface area contributed by atoms with Crippen molar-refractivity contribution in [3.63, 3.8) is 0 Å². The van der Waals surface area contributed by atoms with Crippen molar-refractivity contribution in [1.82, 2.24) is 9.78 Å². The van der Waals surface area contributed by atoms with Gasteiger partial charge in [0.15, 0.2) is 0 Å². The third-order valence-electron chi connectivity index (χ3n) is 2.68. The van der Waals surface area contributed by atoms with Crippen molar-refractivity contribution >= 4 is 15.9 Å². The molecule has 0 aliphatic carbocycles. The number of halogens is 1. The number of aromatic nitrogens is 2. The van der Waals surface area contributed by atoms with Gasteiger partial charge in [-0.25, -0.2) is 0 Å². The predicted octanol–water partition coefficient (Wildman–Crippen LogP) is 3.55. The molecule has 86 valence electrons. The van der Waals surface area contributed by atoms with Crippen LogP contribution in [0.5, 0.6) is 0 Å². The zero-order valence-corrected chi connectivity index (χ0v) is 11.7. The molecular weight excluding hydrogens is 252 g/mol. The normalized spacial score (nSPS) is 14.2. The maximum absolute atomic E-state index is 4.19. The fraction of sp³-hybridized carbons (Fsp3) is 0.750. The summed E-state index contributed by atoms with van der Waals surface area (Å²) in [5.74, 6) is 0. The van der Waals surface area contributed by atoms with Gasteiger partial charge < -0.3 is 0 Å². The molecule has 0 aliphatic rings. The van der Waals surface area contributed by atoms with Gasteiger partial charge in [0.25, 0.3) is 0 Å². The lowest BCUT2D eigenvalue weighted by molar-refractivity contribution is 0.310. The van der Waals surface area contributed by atoms with Crippen molar-refractivity contribution in [2.75, 3.05) is 0 Å². The summed E-state index contributed by atoms with van der Waals surface area (Å²) in [5.41, 5.74) is 1.74. The number of alkyl halides is 1. The van der Waals surface area contributed by atoms with Crippen LogP contribution >= 0.6 is 15.9 Å². The summed E-state index contributed by atoms with van der Waals surface area (Å²) in [6, 6.07) is 0. The van der Waals surface area contributed by atoms with E-state index in [-0.39, 0.29) is 0 Å². The number of aryl methyl sites for hydroxylation is 2. The first-order valence-electron chi connectivity index (χ1n) is 5.51. The second kappa shape index (κ2) is 5.15. The van der Waals surface area contributed by atoms with E-state index < -0.39 is 0 Å². The van der Waals surface area contributed by atoms with E-state index in [1.807, 2.05) is 17.9 Å². The molecule has 0 saturated heterocycles. The Morgan fingerprint density at radius 2 is 2.20 bits per heavy atom. The minimum Gasteiger partial charge on any atom is -0.276 e. The average Bonchev–Trinajstić information content (AvgIpc) is 2.46. The Balaban J connectivity index is 2.42. The Morgan fingerprint density at radius 3 is 2.67 bits per heavy atom. The van der Waals surface area contributed by atoms with Gasteiger partial charge in [-0.05, 0) is 30.2 Å². The summed E-state index contributed by atoms with van der Waals surface area (Å²) >= 11 is 3.62. The van der Waals surface area contributed by atoms with E-state index in [1.54, 1.807) is 0 Å². The van der Waals surface area contributed by atoms with Crippen LogP contribution in [0.3, 0.4) is 0 Å². The molecule has 0 bridgehead atoms. The molecule has 0 aromatic carbocycles. The number of nitrogens with zero attached hydrogens (tertiary/aromatic N) is 2. The fourth-order valence-corrected chi connectivity index (χ4v) is 2.82. The zero-order valence-electron chi connectivity index (χ0n) is 10.1. The highest BCUT2D eigenvalue weighted by Gasteiger charge is 2.19. The highest BCUT2D eigenvalue weighted by Crippen LogP contribution is 2.30. The van der Waals surface area contributed by atoms with Gasteiger partial charge in [0.05, 0.1) is 6.20 Å². The maximum Gasteiger partial charge on any atom is 0.0521 e. The summed E-state index contributed by atoms with van der Waals surface area (Å²) in [6.45, 7) is 6.88. The molecule has 15 heavy (non-hydrogen) atoms. The van der Waals surface area contributed by atoms with Gasteiger partial charge >= 0.3 is 0 Å². The van der Waals surface area contributed by atoms with Crippen LogP contribution < -0.4 is 0 Å². The van der Waals surface area contributed by atoms with Crippen LogP contribution in [0.25, 0.3) is 0 Å². The van der Waals surface area contributed by atoms with E-state index in [2.05, 4.69) is 48.0 Å². The Kier molecular flexibility index (Phi) is 4.38. The second-order valence-corrected chi connectivity index (χ2v) is 6.73. The minimum absolute atomic E-state index is 0.402. The van der Waals surface area contributed by atoms with Crippen molar-refractivity contribution in [2.45, 2.75) is 44.9 Å². The van der Waals surface area contributed by atoms with Crippen molar-refractivity contribution in [1.29, 1.82) is 0 Å². The molecule has 1 aromatic rings. The molecule has 1 aromatic heterocycles. The second-order valence-electron chi connectivity index (χ2n) is 5.17. The van der Waals surface area contributed by atoms with Crippen LogP contribution in [0.1, 0.15) is 39.2 Å². The van der Waals surface area contributed by atoms with E-state index in [0.717, 1.165) is 6.42 Å². The zero-order chi connectivity index (χ0) is 11.5. The van der Waals surface area contributed by atoms with E-state index >= 15 is 0 Å². The topological polar surface area (TPSA) is 17.8 Å². The van der Waals surface area contributed by atoms with Crippen molar-refractivity contribution in [3.05, 3.63) is 18.0 Å². The Bertz CT molecular complexity index is 302. The molecule has 1 heterocycles. The molecule has 2 nitrogen and oxygen atoms in total. The van der Waals surface area contributed by atoms with Gasteiger partial charge in [0.1, 0.15) is 0 Å². The number of rotatable bonds is 5. The SMILES string of the molecule is CC(Br)CC(C)(C)CCc1cnn(C)c1. The first-order valence-corrected chi connectivity index (χ1v) is 6.42. The van der Waals surface area contributed by atoms with E-state index in [1.165, 1.54) is 18.4 Å². The summed E-state index contributed by atoms with van der Waals surface area (Å²) in [7, 11) is 1.97. The summed E-state index contributed by atoms with van der Waals surface area (Å²) < 4.78 is 1.87. The molecule has 1 rings (SSSR count). The van der Waals surface area contributed by atoms with Crippen LogP contribution in [0.4, 0.5) is 0 Å². The molecule has 1 atom stereocenters. The van der Waals surface area contributed by atoms with Crippen molar-refractivity contribution < 1.29 is 0 Å². The predicted molar refractivity (Wildman–Crippen MR) is 68.3 cm³/mol. The monoisotopic (exact) mass is 272 g/mol. The van der Waals surface area contributed by atoms with E-state index in [0.29, 0.717) is 10.2 Å². The third kappa shape index (κ3) is 4.83. The Labute approximate surface area is 101 Å². The van der Waals surface area contributed by atoms with Crippen LogP contribution in [0.15, 0.2) is 12.4 Å². The summed E-state index contributed by atoms with van der Waals surface area (Å²) in [5, 5.41) is 4.19. The van der Waals surface area contributed by atoms with Gasteiger partial charge in [-0.3, -0.25) is 4.68 Å². The summed E-state index contributed by atoms with van der Waals surface area (Å²) in [4.78, 5) is 0.599. The molecule has 0 N–H and O–H groups in total. The lowest BCUT2D eigenvalue weighted by Gasteiger charge is -2.25. The standard InChI is InChI=1S/C12H21BrN2/c1-10(13)7-12(2,3)6-5-11-8-14-15(4)9-11/h8-10H,5-7H2,1-4H3. The quantitative estimate of drug-likeness (QED) is 0.750. The molecule has 3 heteroatoms. The lowest BCUT2D eigenvalue weighted by Crippen LogP contribution is -2.16. The van der Waals surface area contributed by atoms with Gasteiger partial charge in [0, 0.05) is 18.1 Å². The molecule has 0 amide bonds. The number of hydrogen-bond acceptors (Lipinski definition) is 1. The van der Waals surface area contributed by atoms with Crippen LogP contribution in [-0.2, 0) is 13.5 Å². The molecule has 0 fully saturated rings. The van der Waals surface area contributed by atoms with E-state index in [9.17, 15) is 0 Å². The van der Waals surface area contributed by atoms with Crippen LogP contribution in [0.2, 0.25) is 0 Å². The molecule has 0 spiro atoms. The highest BCUT2D eigenvalue weighted by atomic mass is 79.9. The Morgan fingerprint density at radius 1 is 1.53 bits per heavy atom. The van der Waals surface area contributed by atoms with Crippen molar-refractivity contribution in [3.8, 4) is 0 Å². The molecule has 0 aliphatic heterocycles. The largest absolute Gasteiger partial charge is 0.276 e. The highest BCUT2D eigenvalue weighted by molar-refractivity contribution is 9.09. The first kappa shape index (κ1) is 12.8. The van der Waals surface area contributed by atoms with Gasteiger partial charge in [-0.15, -0.1) is 0 Å². The summed E-state index contributed by atoms with van der Waals surface area (Å²) in [6.07, 6.45) is 7.63. The maximum atomic E-state index is 4.19. The van der Waals surface area contributed by atoms with Gasteiger partial charge in [0.2, 0.25) is 0 Å². The fourth-order valence-electron chi connectivity index (χ4n) is 1.95. The van der Waals surface area contributed by atoms with Gasteiger partial charge in [-0.2, -0.15) is 5.10 Å². The van der Waals surface area contributed by atoms with Gasteiger partial charge in [-0.1, -0.05) is 36.7 Å².